The van der Waals surface area contributed by atoms with Crippen molar-refractivity contribution >= 4 is 29.9 Å². The Bertz CT molecular complexity index is 429. The standard InChI is InChI=1S/C13H17NOS2/c15-13(12-7-10(16)8-17-12)14-6-2-4-9-3-1-5-11(9)14/h7-9,11,16H,1-6H2. The number of thiol groups is 1. The number of hydrogen-bond acceptors (Lipinski definition) is 3. The lowest BCUT2D eigenvalue weighted by Gasteiger charge is -2.37. The van der Waals surface area contributed by atoms with Gasteiger partial charge in [0, 0.05) is 22.9 Å². The summed E-state index contributed by atoms with van der Waals surface area (Å²) in [7, 11) is 0. The summed E-state index contributed by atoms with van der Waals surface area (Å²) in [6, 6.07) is 2.41. The van der Waals surface area contributed by atoms with Crippen molar-refractivity contribution in [2.45, 2.75) is 43.0 Å². The van der Waals surface area contributed by atoms with Crippen molar-refractivity contribution in [3.05, 3.63) is 16.3 Å². The zero-order valence-corrected chi connectivity index (χ0v) is 11.5. The molecule has 2 unspecified atom stereocenters. The third-order valence-electron chi connectivity index (χ3n) is 4.05. The Kier molecular flexibility index (Phi) is 3.17. The lowest BCUT2D eigenvalue weighted by Crippen LogP contribution is -2.45. The molecule has 2 fully saturated rings. The van der Waals surface area contributed by atoms with E-state index in [0.29, 0.717) is 6.04 Å². The molecule has 0 spiro atoms. The minimum atomic E-state index is 0.229. The highest BCUT2D eigenvalue weighted by molar-refractivity contribution is 7.80. The van der Waals surface area contributed by atoms with Crippen LogP contribution in [-0.4, -0.2) is 23.4 Å². The summed E-state index contributed by atoms with van der Waals surface area (Å²) in [5, 5.41) is 1.94. The number of likely N-dealkylation sites (tertiary alicyclic amines) is 1. The Labute approximate surface area is 111 Å². The van der Waals surface area contributed by atoms with Crippen LogP contribution in [0.5, 0.6) is 0 Å². The SMILES string of the molecule is O=C(c1cc(S)cs1)N1CCCC2CCCC21. The number of rotatable bonds is 1. The van der Waals surface area contributed by atoms with Crippen LogP contribution in [0.1, 0.15) is 41.8 Å². The molecule has 0 radical (unpaired) electrons. The Balaban J connectivity index is 1.81. The molecule has 2 aliphatic rings. The summed E-state index contributed by atoms with van der Waals surface area (Å²) < 4.78 is 0. The van der Waals surface area contributed by atoms with Gasteiger partial charge in [0.15, 0.2) is 0 Å². The summed E-state index contributed by atoms with van der Waals surface area (Å²) in [4.78, 5) is 16.3. The van der Waals surface area contributed by atoms with E-state index in [1.165, 1.54) is 43.4 Å². The molecule has 4 heteroatoms. The Morgan fingerprint density at radius 3 is 2.94 bits per heavy atom. The van der Waals surface area contributed by atoms with Crippen LogP contribution in [0.4, 0.5) is 0 Å². The maximum atomic E-state index is 12.5. The molecule has 1 aromatic heterocycles. The molecular weight excluding hydrogens is 250 g/mol. The van der Waals surface area contributed by atoms with Crippen molar-refractivity contribution in [3.8, 4) is 0 Å². The smallest absolute Gasteiger partial charge is 0.264 e. The molecule has 0 bridgehead atoms. The molecule has 1 aliphatic carbocycles. The van der Waals surface area contributed by atoms with E-state index >= 15 is 0 Å². The monoisotopic (exact) mass is 267 g/mol. The van der Waals surface area contributed by atoms with Gasteiger partial charge in [-0.25, -0.2) is 0 Å². The summed E-state index contributed by atoms with van der Waals surface area (Å²) in [6.45, 7) is 0.944. The Morgan fingerprint density at radius 1 is 1.35 bits per heavy atom. The third-order valence-corrected chi connectivity index (χ3v) is 5.40. The van der Waals surface area contributed by atoms with E-state index in [9.17, 15) is 4.79 Å². The van der Waals surface area contributed by atoms with Crippen molar-refractivity contribution < 1.29 is 4.79 Å². The number of nitrogens with zero attached hydrogens (tertiary/aromatic N) is 1. The molecule has 1 aromatic rings. The molecule has 92 valence electrons. The molecule has 17 heavy (non-hydrogen) atoms. The van der Waals surface area contributed by atoms with Crippen molar-refractivity contribution in [2.24, 2.45) is 5.92 Å². The van der Waals surface area contributed by atoms with Crippen molar-refractivity contribution in [3.63, 3.8) is 0 Å². The van der Waals surface area contributed by atoms with Gasteiger partial charge < -0.3 is 4.90 Å². The van der Waals surface area contributed by atoms with E-state index < -0.39 is 0 Å². The van der Waals surface area contributed by atoms with Crippen LogP contribution in [-0.2, 0) is 0 Å². The van der Waals surface area contributed by atoms with E-state index in [1.54, 1.807) is 0 Å². The van der Waals surface area contributed by atoms with E-state index in [1.807, 2.05) is 11.4 Å². The topological polar surface area (TPSA) is 20.3 Å². The van der Waals surface area contributed by atoms with Gasteiger partial charge in [-0.05, 0) is 37.7 Å². The first-order valence-corrected chi connectivity index (χ1v) is 7.67. The number of carbonyl (C=O) groups excluding carboxylic acids is 1. The molecule has 3 rings (SSSR count). The summed E-state index contributed by atoms with van der Waals surface area (Å²) in [6.07, 6.45) is 6.30. The first-order valence-electron chi connectivity index (χ1n) is 6.34. The molecule has 2 nitrogen and oxygen atoms in total. The van der Waals surface area contributed by atoms with Crippen molar-refractivity contribution in [1.82, 2.24) is 4.90 Å². The van der Waals surface area contributed by atoms with Crippen LogP contribution in [0.25, 0.3) is 0 Å². The normalized spacial score (nSPS) is 28.2. The third kappa shape index (κ3) is 2.13. The quantitative estimate of drug-likeness (QED) is 0.773. The van der Waals surface area contributed by atoms with Gasteiger partial charge in [-0.2, -0.15) is 0 Å². The second-order valence-corrected chi connectivity index (χ2v) is 6.50. The van der Waals surface area contributed by atoms with Crippen molar-refractivity contribution in [2.75, 3.05) is 6.54 Å². The lowest BCUT2D eigenvalue weighted by molar-refractivity contribution is 0.0553. The molecule has 1 saturated heterocycles. The summed E-state index contributed by atoms with van der Waals surface area (Å²) in [5.41, 5.74) is 0. The highest BCUT2D eigenvalue weighted by Gasteiger charge is 2.37. The molecule has 1 saturated carbocycles. The van der Waals surface area contributed by atoms with E-state index in [4.69, 9.17) is 0 Å². The van der Waals surface area contributed by atoms with Crippen LogP contribution in [0.2, 0.25) is 0 Å². The van der Waals surface area contributed by atoms with Crippen LogP contribution in [0.15, 0.2) is 16.3 Å². The van der Waals surface area contributed by atoms with Gasteiger partial charge in [-0.15, -0.1) is 24.0 Å². The van der Waals surface area contributed by atoms with E-state index in [-0.39, 0.29) is 5.91 Å². The highest BCUT2D eigenvalue weighted by atomic mass is 32.1. The Hall–Kier alpha value is -0.480. The molecule has 0 aromatic carbocycles. The number of fused-ring (bicyclic) bond motifs is 1. The largest absolute Gasteiger partial charge is 0.335 e. The van der Waals surface area contributed by atoms with E-state index in [2.05, 4.69) is 17.5 Å². The average Bonchev–Trinajstić information content (AvgIpc) is 2.95. The first kappa shape index (κ1) is 11.6. The van der Waals surface area contributed by atoms with Gasteiger partial charge in [0.05, 0.1) is 4.88 Å². The van der Waals surface area contributed by atoms with Gasteiger partial charge >= 0.3 is 0 Å². The van der Waals surface area contributed by atoms with Gasteiger partial charge in [-0.3, -0.25) is 4.79 Å². The minimum absolute atomic E-state index is 0.229. The second kappa shape index (κ2) is 4.65. The van der Waals surface area contributed by atoms with Gasteiger partial charge in [0.2, 0.25) is 0 Å². The molecule has 2 heterocycles. The number of thiophene rings is 1. The number of hydrogen-bond donors (Lipinski definition) is 1. The molecule has 0 N–H and O–H groups in total. The highest BCUT2D eigenvalue weighted by Crippen LogP contribution is 2.37. The number of piperidine rings is 1. The Morgan fingerprint density at radius 2 is 2.18 bits per heavy atom. The number of amides is 1. The van der Waals surface area contributed by atoms with Crippen LogP contribution in [0, 0.1) is 5.92 Å². The lowest BCUT2D eigenvalue weighted by atomic mass is 9.92. The fraction of sp³-hybridized carbons (Fsp3) is 0.615. The van der Waals surface area contributed by atoms with Crippen LogP contribution >= 0.6 is 24.0 Å². The fourth-order valence-electron chi connectivity index (χ4n) is 3.29. The van der Waals surface area contributed by atoms with Crippen LogP contribution in [0.3, 0.4) is 0 Å². The van der Waals surface area contributed by atoms with E-state index in [0.717, 1.165) is 22.2 Å². The van der Waals surface area contributed by atoms with Gasteiger partial charge in [0.25, 0.3) is 5.91 Å². The molecule has 2 atom stereocenters. The minimum Gasteiger partial charge on any atom is -0.335 e. The predicted molar refractivity (Wildman–Crippen MR) is 73.0 cm³/mol. The van der Waals surface area contributed by atoms with Crippen molar-refractivity contribution in [1.29, 1.82) is 0 Å². The molecule has 1 amide bonds. The van der Waals surface area contributed by atoms with Crippen LogP contribution < -0.4 is 0 Å². The maximum absolute atomic E-state index is 12.5. The predicted octanol–water partition coefficient (Wildman–Crippen LogP) is 3.44. The summed E-state index contributed by atoms with van der Waals surface area (Å²) >= 11 is 5.80. The fourth-order valence-corrected chi connectivity index (χ4v) is 4.39. The first-order chi connectivity index (χ1) is 8.25. The molecule has 1 aliphatic heterocycles. The maximum Gasteiger partial charge on any atom is 0.264 e. The summed E-state index contributed by atoms with van der Waals surface area (Å²) in [5.74, 6) is 0.995. The second-order valence-electron chi connectivity index (χ2n) is 5.07. The van der Waals surface area contributed by atoms with Gasteiger partial charge in [0.1, 0.15) is 0 Å². The van der Waals surface area contributed by atoms with Gasteiger partial charge in [-0.1, -0.05) is 6.42 Å². The average molecular weight is 267 g/mol. The number of carbonyl (C=O) groups is 1. The zero-order chi connectivity index (χ0) is 11.8. The zero-order valence-electron chi connectivity index (χ0n) is 9.76. The molecular formula is C13H17NOS2.